The van der Waals surface area contributed by atoms with Crippen LogP contribution in [0.15, 0.2) is 12.3 Å². The Morgan fingerprint density at radius 2 is 2.14 bits per heavy atom. The van der Waals surface area contributed by atoms with Gasteiger partial charge in [0.15, 0.2) is 5.78 Å². The van der Waals surface area contributed by atoms with Crippen molar-refractivity contribution in [2.75, 3.05) is 18.0 Å². The van der Waals surface area contributed by atoms with Gasteiger partial charge in [-0.15, -0.1) is 11.3 Å². The Hall–Kier alpha value is -1.62. The van der Waals surface area contributed by atoms with Crippen LogP contribution in [0.2, 0.25) is 0 Å². The first kappa shape index (κ1) is 13.1. The average Bonchev–Trinajstić information content (AvgIpc) is 2.92. The number of rotatable bonds is 2. The van der Waals surface area contributed by atoms with Crippen molar-refractivity contribution < 1.29 is 4.79 Å². The molecule has 1 saturated heterocycles. The number of nitrogens with one attached hydrogen (secondary N) is 1. The molecule has 0 atom stereocenters. The van der Waals surface area contributed by atoms with E-state index in [0.29, 0.717) is 12.2 Å². The minimum Gasteiger partial charge on any atom is -0.363 e. The highest BCUT2D eigenvalue weighted by atomic mass is 32.1. The lowest BCUT2D eigenvalue weighted by Crippen LogP contribution is -2.38. The third-order valence-electron chi connectivity index (χ3n) is 4.45. The van der Waals surface area contributed by atoms with Crippen LogP contribution in [0.3, 0.4) is 0 Å². The molecule has 1 fully saturated rings. The van der Waals surface area contributed by atoms with Gasteiger partial charge >= 0.3 is 0 Å². The molecule has 0 saturated carbocycles. The summed E-state index contributed by atoms with van der Waals surface area (Å²) in [5.41, 5.74) is 3.30. The van der Waals surface area contributed by atoms with Crippen molar-refractivity contribution in [2.24, 2.45) is 5.41 Å². The molecule has 21 heavy (non-hydrogen) atoms. The molecule has 1 aliphatic carbocycles. The van der Waals surface area contributed by atoms with Gasteiger partial charge in [-0.25, -0.2) is 0 Å². The molecular formula is C16H19N3OS. The summed E-state index contributed by atoms with van der Waals surface area (Å²) >= 11 is 1.76. The van der Waals surface area contributed by atoms with Gasteiger partial charge < -0.3 is 4.90 Å². The van der Waals surface area contributed by atoms with E-state index < -0.39 is 0 Å². The Balaban J connectivity index is 1.91. The molecule has 0 unspecified atom stereocenters. The van der Waals surface area contributed by atoms with Crippen molar-refractivity contribution in [3.05, 3.63) is 23.4 Å². The summed E-state index contributed by atoms with van der Waals surface area (Å²) in [6.07, 6.45) is 4.62. The first-order valence-electron chi connectivity index (χ1n) is 7.49. The van der Waals surface area contributed by atoms with Crippen LogP contribution in [-0.2, 0) is 6.42 Å². The highest BCUT2D eigenvalue weighted by Gasteiger charge is 2.38. The van der Waals surface area contributed by atoms with Gasteiger partial charge in [0.25, 0.3) is 0 Å². The zero-order chi connectivity index (χ0) is 14.6. The fraction of sp³-hybridized carbons (Fsp3) is 0.500. The molecule has 2 aromatic rings. The number of thiophene rings is 1. The second-order valence-corrected chi connectivity index (χ2v) is 7.84. The number of aromatic nitrogens is 2. The number of carbonyl (C=O) groups is 1. The van der Waals surface area contributed by atoms with Crippen LogP contribution in [0.5, 0.6) is 0 Å². The Kier molecular flexibility index (Phi) is 2.76. The highest BCUT2D eigenvalue weighted by molar-refractivity contribution is 7.20. The highest BCUT2D eigenvalue weighted by Crippen LogP contribution is 2.49. The van der Waals surface area contributed by atoms with E-state index in [1.807, 2.05) is 6.07 Å². The van der Waals surface area contributed by atoms with Crippen molar-refractivity contribution in [3.8, 4) is 10.6 Å². The monoisotopic (exact) mass is 301 g/mol. The predicted octanol–water partition coefficient (Wildman–Crippen LogP) is 3.50. The maximum absolute atomic E-state index is 12.7. The topological polar surface area (TPSA) is 49.0 Å². The summed E-state index contributed by atoms with van der Waals surface area (Å²) < 4.78 is 0. The predicted molar refractivity (Wildman–Crippen MR) is 85.2 cm³/mol. The van der Waals surface area contributed by atoms with Gasteiger partial charge in [-0.05, 0) is 29.9 Å². The third-order valence-corrected chi connectivity index (χ3v) is 5.78. The van der Waals surface area contributed by atoms with Crippen molar-refractivity contribution in [1.82, 2.24) is 10.2 Å². The summed E-state index contributed by atoms with van der Waals surface area (Å²) in [6, 6.07) is 2.00. The second-order valence-electron chi connectivity index (χ2n) is 6.84. The number of aromatic amines is 1. The number of hydrogen-bond acceptors (Lipinski definition) is 4. The third kappa shape index (κ3) is 2.02. The molecular weight excluding hydrogens is 282 g/mol. The van der Waals surface area contributed by atoms with Gasteiger partial charge in [-0.1, -0.05) is 13.8 Å². The molecule has 0 aromatic carbocycles. The van der Waals surface area contributed by atoms with Crippen molar-refractivity contribution in [3.63, 3.8) is 0 Å². The van der Waals surface area contributed by atoms with E-state index in [-0.39, 0.29) is 5.41 Å². The molecule has 5 heteroatoms. The molecule has 2 aliphatic rings. The summed E-state index contributed by atoms with van der Waals surface area (Å²) in [5.74, 6) is 0.310. The molecule has 0 amide bonds. The molecule has 0 radical (unpaired) electrons. The summed E-state index contributed by atoms with van der Waals surface area (Å²) in [7, 11) is 0. The van der Waals surface area contributed by atoms with Gasteiger partial charge in [0.1, 0.15) is 5.00 Å². The summed E-state index contributed by atoms with van der Waals surface area (Å²) in [6.45, 7) is 6.52. The molecule has 4 nitrogen and oxygen atoms in total. The first-order valence-corrected chi connectivity index (χ1v) is 8.30. The van der Waals surface area contributed by atoms with Gasteiger partial charge in [-0.3, -0.25) is 9.89 Å². The number of Topliss-reactive ketones (excluding diaryl/α,β-unsaturated/α-hetero) is 1. The number of hydrogen-bond donors (Lipinski definition) is 1. The Morgan fingerprint density at radius 3 is 2.76 bits per heavy atom. The second kappa shape index (κ2) is 4.44. The average molecular weight is 301 g/mol. The van der Waals surface area contributed by atoms with Crippen LogP contribution in [0.4, 0.5) is 5.00 Å². The van der Waals surface area contributed by atoms with E-state index in [2.05, 4.69) is 28.9 Å². The standard InChI is InChI=1S/C16H19N3OS/c1-16(2)8-10-13(12(20)9-16)15(19-6-3-7-19)21-14(10)11-4-5-17-18-11/h4-5H,3,6-9H2,1-2H3,(H,17,18). The number of nitrogens with zero attached hydrogens (tertiary/aromatic N) is 2. The van der Waals surface area contributed by atoms with E-state index >= 15 is 0 Å². The minimum atomic E-state index is 0.0478. The van der Waals surface area contributed by atoms with E-state index in [1.165, 1.54) is 21.9 Å². The zero-order valence-electron chi connectivity index (χ0n) is 12.4. The van der Waals surface area contributed by atoms with Gasteiger partial charge in [0, 0.05) is 25.7 Å². The van der Waals surface area contributed by atoms with Gasteiger partial charge in [0.05, 0.1) is 16.1 Å². The lowest BCUT2D eigenvalue weighted by atomic mass is 9.74. The lowest BCUT2D eigenvalue weighted by Gasteiger charge is -2.35. The van der Waals surface area contributed by atoms with Crippen LogP contribution in [0.1, 0.15) is 42.6 Å². The molecule has 3 heterocycles. The summed E-state index contributed by atoms with van der Waals surface area (Å²) in [4.78, 5) is 16.2. The number of anilines is 1. The van der Waals surface area contributed by atoms with Crippen molar-refractivity contribution in [1.29, 1.82) is 0 Å². The molecule has 0 spiro atoms. The number of carbonyl (C=O) groups excluding carboxylic acids is 1. The minimum absolute atomic E-state index is 0.0478. The number of ketones is 1. The van der Waals surface area contributed by atoms with Gasteiger partial charge in [-0.2, -0.15) is 5.10 Å². The molecule has 110 valence electrons. The lowest BCUT2D eigenvalue weighted by molar-refractivity contribution is 0.0914. The zero-order valence-corrected chi connectivity index (χ0v) is 13.2. The van der Waals surface area contributed by atoms with Crippen LogP contribution < -0.4 is 4.90 Å². The fourth-order valence-electron chi connectivity index (χ4n) is 3.31. The Bertz CT molecular complexity index is 695. The van der Waals surface area contributed by atoms with Crippen molar-refractivity contribution in [2.45, 2.75) is 33.1 Å². The van der Waals surface area contributed by atoms with E-state index in [9.17, 15) is 4.79 Å². The van der Waals surface area contributed by atoms with Gasteiger partial charge in [0.2, 0.25) is 0 Å². The van der Waals surface area contributed by atoms with Crippen LogP contribution in [-0.4, -0.2) is 29.1 Å². The maximum Gasteiger partial charge on any atom is 0.166 e. The van der Waals surface area contributed by atoms with Crippen LogP contribution in [0, 0.1) is 5.41 Å². The summed E-state index contributed by atoms with van der Waals surface area (Å²) in [5, 5.41) is 8.32. The normalized spacial score (nSPS) is 20.3. The largest absolute Gasteiger partial charge is 0.363 e. The Morgan fingerprint density at radius 1 is 1.33 bits per heavy atom. The smallest absolute Gasteiger partial charge is 0.166 e. The van der Waals surface area contributed by atoms with Crippen LogP contribution in [0.25, 0.3) is 10.6 Å². The number of H-pyrrole nitrogens is 1. The van der Waals surface area contributed by atoms with E-state index in [4.69, 9.17) is 0 Å². The fourth-order valence-corrected chi connectivity index (χ4v) is 4.68. The maximum atomic E-state index is 12.7. The van der Waals surface area contributed by atoms with E-state index in [0.717, 1.165) is 30.8 Å². The molecule has 0 bridgehead atoms. The molecule has 1 aliphatic heterocycles. The molecule has 1 N–H and O–H groups in total. The number of fused-ring (bicyclic) bond motifs is 1. The first-order chi connectivity index (χ1) is 10.1. The van der Waals surface area contributed by atoms with Crippen molar-refractivity contribution >= 4 is 22.1 Å². The quantitative estimate of drug-likeness (QED) is 0.923. The Labute approximate surface area is 128 Å². The molecule has 4 rings (SSSR count). The van der Waals surface area contributed by atoms with Crippen LogP contribution >= 0.6 is 11.3 Å². The SMILES string of the molecule is CC1(C)CC(=O)c2c(N3CCC3)sc(-c3ccn[nH]3)c2C1. The molecule has 2 aromatic heterocycles. The van der Waals surface area contributed by atoms with E-state index in [1.54, 1.807) is 17.5 Å².